The predicted molar refractivity (Wildman–Crippen MR) is 78.0 cm³/mol. The quantitative estimate of drug-likeness (QED) is 0.716. The average molecular weight is 270 g/mol. The fraction of sp³-hybridized carbons (Fsp3) is 0.143. The van der Waals surface area contributed by atoms with Crippen LogP contribution in [0.5, 0.6) is 0 Å². The van der Waals surface area contributed by atoms with E-state index < -0.39 is 0 Å². The Morgan fingerprint density at radius 2 is 1.95 bits per heavy atom. The van der Waals surface area contributed by atoms with Gasteiger partial charge in [0, 0.05) is 12.1 Å². The molecule has 0 bridgehead atoms. The summed E-state index contributed by atoms with van der Waals surface area (Å²) in [6, 6.07) is 12.0. The molecule has 0 aliphatic carbocycles. The van der Waals surface area contributed by atoms with Crippen LogP contribution in [0.25, 0.3) is 10.7 Å². The first-order valence-electron chi connectivity index (χ1n) is 6.11. The molecule has 2 aromatic heterocycles. The minimum atomic E-state index is 0.780. The molecule has 2 heterocycles. The van der Waals surface area contributed by atoms with Crippen LogP contribution in [0.15, 0.2) is 41.8 Å². The highest BCUT2D eigenvalue weighted by molar-refractivity contribution is 7.13. The van der Waals surface area contributed by atoms with Crippen molar-refractivity contribution >= 4 is 17.0 Å². The average Bonchev–Trinajstić information content (AvgIpc) is 3.09. The second-order valence-corrected chi connectivity index (χ2v) is 5.27. The van der Waals surface area contributed by atoms with E-state index in [4.69, 9.17) is 5.73 Å². The van der Waals surface area contributed by atoms with E-state index in [1.54, 1.807) is 11.3 Å². The first kappa shape index (κ1) is 11.9. The third kappa shape index (κ3) is 2.82. The van der Waals surface area contributed by atoms with Crippen LogP contribution in [0.2, 0.25) is 0 Å². The van der Waals surface area contributed by atoms with Crippen LogP contribution in [0.4, 0.5) is 5.69 Å². The van der Waals surface area contributed by atoms with Crippen LogP contribution >= 0.6 is 11.3 Å². The van der Waals surface area contributed by atoms with Gasteiger partial charge < -0.3 is 5.73 Å². The number of nitrogens with two attached hydrogens (primary N) is 1. The summed E-state index contributed by atoms with van der Waals surface area (Å²) in [5.41, 5.74) is 7.71. The largest absolute Gasteiger partial charge is 0.399 e. The van der Waals surface area contributed by atoms with E-state index in [1.165, 1.54) is 5.56 Å². The summed E-state index contributed by atoms with van der Waals surface area (Å²) in [4.78, 5) is 5.60. The Labute approximate surface area is 115 Å². The Morgan fingerprint density at radius 1 is 1.11 bits per heavy atom. The lowest BCUT2D eigenvalue weighted by atomic mass is 10.1. The molecule has 0 saturated heterocycles. The monoisotopic (exact) mass is 270 g/mol. The van der Waals surface area contributed by atoms with E-state index in [9.17, 15) is 0 Å². The number of anilines is 1. The van der Waals surface area contributed by atoms with Gasteiger partial charge in [0.25, 0.3) is 0 Å². The molecule has 19 heavy (non-hydrogen) atoms. The van der Waals surface area contributed by atoms with E-state index in [2.05, 4.69) is 15.2 Å². The maximum atomic E-state index is 5.66. The van der Waals surface area contributed by atoms with Gasteiger partial charge in [-0.1, -0.05) is 18.2 Å². The van der Waals surface area contributed by atoms with Crippen molar-refractivity contribution in [2.75, 3.05) is 5.73 Å². The van der Waals surface area contributed by atoms with E-state index in [0.29, 0.717) is 0 Å². The summed E-state index contributed by atoms with van der Waals surface area (Å²) in [5, 5.41) is 9.26. The molecule has 5 heteroatoms. The van der Waals surface area contributed by atoms with Gasteiger partial charge in [0.2, 0.25) is 0 Å². The summed E-state index contributed by atoms with van der Waals surface area (Å²) >= 11 is 1.65. The van der Waals surface area contributed by atoms with Crippen molar-refractivity contribution < 1.29 is 0 Å². The molecule has 0 amide bonds. The molecule has 0 radical (unpaired) electrons. The molecule has 96 valence electrons. The van der Waals surface area contributed by atoms with Crippen LogP contribution in [0.3, 0.4) is 0 Å². The molecule has 4 nitrogen and oxygen atoms in total. The molecular weight excluding hydrogens is 256 g/mol. The summed E-state index contributed by atoms with van der Waals surface area (Å²) in [6.45, 7) is 0. The number of hydrogen-bond acceptors (Lipinski definition) is 4. The lowest BCUT2D eigenvalue weighted by Crippen LogP contribution is -1.94. The number of benzene rings is 1. The smallest absolute Gasteiger partial charge is 0.191 e. The fourth-order valence-corrected chi connectivity index (χ4v) is 2.53. The molecule has 3 aromatic rings. The van der Waals surface area contributed by atoms with E-state index in [1.807, 2.05) is 41.8 Å². The minimum absolute atomic E-state index is 0.780. The molecule has 0 aliphatic rings. The molecule has 3 N–H and O–H groups in total. The zero-order chi connectivity index (χ0) is 13.1. The molecule has 0 unspecified atom stereocenters. The van der Waals surface area contributed by atoms with Gasteiger partial charge in [-0.25, -0.2) is 4.98 Å². The van der Waals surface area contributed by atoms with Crippen molar-refractivity contribution in [3.63, 3.8) is 0 Å². The highest BCUT2D eigenvalue weighted by atomic mass is 32.1. The summed E-state index contributed by atoms with van der Waals surface area (Å²) in [7, 11) is 0. The molecule has 0 atom stereocenters. The SMILES string of the molecule is Nc1ccc(CCc2nc(-c3cccs3)n[nH]2)cc1. The number of aryl methyl sites for hydroxylation is 2. The number of rotatable bonds is 4. The van der Waals surface area contributed by atoms with Crippen molar-refractivity contribution in [3.8, 4) is 10.7 Å². The van der Waals surface area contributed by atoms with Gasteiger partial charge >= 0.3 is 0 Å². The van der Waals surface area contributed by atoms with Crippen LogP contribution in [-0.4, -0.2) is 15.2 Å². The Balaban J connectivity index is 1.66. The Hall–Kier alpha value is -2.14. The van der Waals surface area contributed by atoms with Gasteiger partial charge in [0.1, 0.15) is 5.82 Å². The molecule has 0 spiro atoms. The van der Waals surface area contributed by atoms with Crippen LogP contribution in [0, 0.1) is 0 Å². The zero-order valence-electron chi connectivity index (χ0n) is 10.3. The number of aromatic nitrogens is 3. The molecule has 0 aliphatic heterocycles. The van der Waals surface area contributed by atoms with Gasteiger partial charge in [-0.15, -0.1) is 11.3 Å². The Morgan fingerprint density at radius 3 is 2.68 bits per heavy atom. The number of nitrogens with zero attached hydrogens (tertiary/aromatic N) is 2. The molecular formula is C14H14N4S. The second kappa shape index (κ2) is 5.24. The minimum Gasteiger partial charge on any atom is -0.399 e. The number of aromatic amines is 1. The van der Waals surface area contributed by atoms with Gasteiger partial charge in [0.05, 0.1) is 4.88 Å². The maximum Gasteiger partial charge on any atom is 0.191 e. The van der Waals surface area contributed by atoms with Crippen molar-refractivity contribution in [3.05, 3.63) is 53.2 Å². The lowest BCUT2D eigenvalue weighted by molar-refractivity contribution is 0.865. The first-order chi connectivity index (χ1) is 9.31. The zero-order valence-corrected chi connectivity index (χ0v) is 11.2. The molecule has 0 saturated carbocycles. The lowest BCUT2D eigenvalue weighted by Gasteiger charge is -1.99. The predicted octanol–water partition coefficient (Wildman–Crippen LogP) is 2.90. The molecule has 3 rings (SSSR count). The number of nitrogens with one attached hydrogen (secondary N) is 1. The van der Waals surface area contributed by atoms with Crippen molar-refractivity contribution in [2.45, 2.75) is 12.8 Å². The van der Waals surface area contributed by atoms with Crippen LogP contribution < -0.4 is 5.73 Å². The van der Waals surface area contributed by atoms with Crippen molar-refractivity contribution in [1.82, 2.24) is 15.2 Å². The fourth-order valence-electron chi connectivity index (χ4n) is 1.87. The summed E-state index contributed by atoms with van der Waals surface area (Å²) in [6.07, 6.45) is 1.78. The maximum absolute atomic E-state index is 5.66. The first-order valence-corrected chi connectivity index (χ1v) is 6.99. The third-order valence-electron chi connectivity index (χ3n) is 2.90. The molecule has 0 fully saturated rings. The summed E-state index contributed by atoms with van der Waals surface area (Å²) in [5.74, 6) is 1.70. The summed E-state index contributed by atoms with van der Waals surface area (Å²) < 4.78 is 0. The van der Waals surface area contributed by atoms with Crippen molar-refractivity contribution in [2.24, 2.45) is 0 Å². The van der Waals surface area contributed by atoms with Gasteiger partial charge in [-0.3, -0.25) is 5.10 Å². The van der Waals surface area contributed by atoms with Gasteiger partial charge in [-0.05, 0) is 35.6 Å². The van der Waals surface area contributed by atoms with E-state index in [-0.39, 0.29) is 0 Å². The van der Waals surface area contributed by atoms with E-state index in [0.717, 1.165) is 35.1 Å². The second-order valence-electron chi connectivity index (χ2n) is 4.32. The number of H-pyrrole nitrogens is 1. The van der Waals surface area contributed by atoms with Gasteiger partial charge in [0.15, 0.2) is 5.82 Å². The normalized spacial score (nSPS) is 10.7. The standard InChI is InChI=1S/C14H14N4S/c15-11-6-3-10(4-7-11)5-8-13-16-14(18-17-13)12-2-1-9-19-12/h1-4,6-7,9H,5,8,15H2,(H,16,17,18). The number of hydrogen-bond donors (Lipinski definition) is 2. The third-order valence-corrected chi connectivity index (χ3v) is 3.77. The van der Waals surface area contributed by atoms with Gasteiger partial charge in [-0.2, -0.15) is 5.10 Å². The number of thiophene rings is 1. The topological polar surface area (TPSA) is 67.6 Å². The van der Waals surface area contributed by atoms with Crippen molar-refractivity contribution in [1.29, 1.82) is 0 Å². The van der Waals surface area contributed by atoms with Crippen LogP contribution in [0.1, 0.15) is 11.4 Å². The highest BCUT2D eigenvalue weighted by Gasteiger charge is 2.06. The Bertz CT molecular complexity index is 640. The molecule has 1 aromatic carbocycles. The number of nitrogen functional groups attached to an aromatic ring is 1. The highest BCUT2D eigenvalue weighted by Crippen LogP contribution is 2.20. The van der Waals surface area contributed by atoms with Crippen LogP contribution in [-0.2, 0) is 12.8 Å². The van der Waals surface area contributed by atoms with E-state index >= 15 is 0 Å². The Kier molecular flexibility index (Phi) is 3.29.